The molecule has 2 heterocycles. The summed E-state index contributed by atoms with van der Waals surface area (Å²) in [5, 5.41) is 1.85. The third kappa shape index (κ3) is 3.75. The van der Waals surface area contributed by atoms with Gasteiger partial charge in [0.2, 0.25) is 5.91 Å². The summed E-state index contributed by atoms with van der Waals surface area (Å²) in [4.78, 5) is 26.3. The van der Waals surface area contributed by atoms with Crippen molar-refractivity contribution in [2.75, 3.05) is 0 Å². The van der Waals surface area contributed by atoms with E-state index in [0.717, 1.165) is 21.1 Å². The summed E-state index contributed by atoms with van der Waals surface area (Å²) in [6.45, 7) is 16.4. The van der Waals surface area contributed by atoms with Crippen molar-refractivity contribution in [1.82, 2.24) is 14.9 Å². The zero-order valence-corrected chi connectivity index (χ0v) is 17.4. The summed E-state index contributed by atoms with van der Waals surface area (Å²) in [6, 6.07) is 0.385. The monoisotopic (exact) mass is 365 g/mol. The van der Waals surface area contributed by atoms with Crippen LogP contribution in [-0.4, -0.2) is 38.1 Å². The highest BCUT2D eigenvalue weighted by Gasteiger charge is 2.27. The highest BCUT2D eigenvalue weighted by Crippen LogP contribution is 2.37. The maximum absolute atomic E-state index is 12.9. The van der Waals surface area contributed by atoms with Gasteiger partial charge in [0.15, 0.2) is 0 Å². The maximum atomic E-state index is 12.9. The van der Waals surface area contributed by atoms with Gasteiger partial charge in [-0.1, -0.05) is 11.8 Å². The van der Waals surface area contributed by atoms with Gasteiger partial charge in [-0.3, -0.25) is 4.79 Å². The molecule has 1 amide bonds. The standard InChI is InChI=1S/C18H27N3OS2/c1-9(2)21(10(3)4)18(22)13(7)24-17-15-11(5)12(6)23-16(15)19-14(8)20-17/h9-10,13H,1-8H3/t13-/m1/s1. The molecule has 0 N–H and O–H groups in total. The van der Waals surface area contributed by atoms with Crippen LogP contribution in [0.3, 0.4) is 0 Å². The molecule has 24 heavy (non-hydrogen) atoms. The van der Waals surface area contributed by atoms with Crippen LogP contribution in [-0.2, 0) is 4.79 Å². The first kappa shape index (κ1) is 19.2. The lowest BCUT2D eigenvalue weighted by atomic mass is 10.2. The average Bonchev–Trinajstić information content (AvgIpc) is 2.72. The van der Waals surface area contributed by atoms with Crippen LogP contribution < -0.4 is 0 Å². The second-order valence-electron chi connectivity index (χ2n) is 6.73. The van der Waals surface area contributed by atoms with E-state index in [-0.39, 0.29) is 23.2 Å². The zero-order valence-electron chi connectivity index (χ0n) is 15.8. The fourth-order valence-corrected chi connectivity index (χ4v) is 5.18. The molecule has 1 atom stereocenters. The summed E-state index contributed by atoms with van der Waals surface area (Å²) in [6.07, 6.45) is 0. The van der Waals surface area contributed by atoms with Crippen molar-refractivity contribution in [3.8, 4) is 0 Å². The smallest absolute Gasteiger partial charge is 0.236 e. The minimum atomic E-state index is -0.174. The van der Waals surface area contributed by atoms with Gasteiger partial charge in [0, 0.05) is 22.3 Å². The molecule has 0 aliphatic rings. The van der Waals surface area contributed by atoms with E-state index in [1.807, 2.05) is 18.7 Å². The summed E-state index contributed by atoms with van der Waals surface area (Å²) >= 11 is 3.25. The molecule has 0 spiro atoms. The first-order chi connectivity index (χ1) is 11.1. The number of carbonyl (C=O) groups excluding carboxylic acids is 1. The van der Waals surface area contributed by atoms with Crippen molar-refractivity contribution in [3.05, 3.63) is 16.3 Å². The van der Waals surface area contributed by atoms with Gasteiger partial charge in [0.05, 0.1) is 5.25 Å². The van der Waals surface area contributed by atoms with E-state index < -0.39 is 0 Å². The Morgan fingerprint density at radius 2 is 1.62 bits per heavy atom. The van der Waals surface area contributed by atoms with Gasteiger partial charge in [0.1, 0.15) is 15.7 Å². The number of aromatic nitrogens is 2. The van der Waals surface area contributed by atoms with Crippen molar-refractivity contribution in [3.63, 3.8) is 0 Å². The largest absolute Gasteiger partial charge is 0.337 e. The predicted molar refractivity (Wildman–Crippen MR) is 104 cm³/mol. The second-order valence-corrected chi connectivity index (χ2v) is 9.27. The molecule has 6 heteroatoms. The van der Waals surface area contributed by atoms with Crippen molar-refractivity contribution < 1.29 is 4.79 Å². The molecule has 2 aromatic rings. The molecule has 2 aromatic heterocycles. The minimum Gasteiger partial charge on any atom is -0.337 e. The van der Waals surface area contributed by atoms with Crippen molar-refractivity contribution in [2.45, 2.75) is 77.7 Å². The number of aryl methyl sites for hydroxylation is 3. The fraction of sp³-hybridized carbons (Fsp3) is 0.611. The van der Waals surface area contributed by atoms with E-state index in [4.69, 9.17) is 0 Å². The van der Waals surface area contributed by atoms with Gasteiger partial charge in [-0.25, -0.2) is 9.97 Å². The number of thioether (sulfide) groups is 1. The average molecular weight is 366 g/mol. The molecular weight excluding hydrogens is 338 g/mol. The Labute approximate surface area is 153 Å². The van der Waals surface area contributed by atoms with Crippen LogP contribution in [0.1, 0.15) is 50.9 Å². The van der Waals surface area contributed by atoms with Gasteiger partial charge in [0.25, 0.3) is 0 Å². The van der Waals surface area contributed by atoms with Crippen LogP contribution >= 0.6 is 23.1 Å². The first-order valence-electron chi connectivity index (χ1n) is 8.36. The quantitative estimate of drug-likeness (QED) is 0.567. The summed E-state index contributed by atoms with van der Waals surface area (Å²) in [5.74, 6) is 0.925. The lowest BCUT2D eigenvalue weighted by Crippen LogP contribution is -2.45. The Kier molecular flexibility index (Phi) is 5.91. The first-order valence-corrected chi connectivity index (χ1v) is 10.1. The highest BCUT2D eigenvalue weighted by molar-refractivity contribution is 8.00. The number of hydrogen-bond donors (Lipinski definition) is 0. The Bertz CT molecular complexity index is 744. The Morgan fingerprint density at radius 1 is 1.04 bits per heavy atom. The molecule has 0 aliphatic carbocycles. The molecule has 0 aromatic carbocycles. The molecule has 132 valence electrons. The molecule has 4 nitrogen and oxygen atoms in total. The molecule has 0 bridgehead atoms. The number of hydrogen-bond acceptors (Lipinski definition) is 5. The normalized spacial score (nSPS) is 13.1. The third-order valence-corrected chi connectivity index (χ3v) is 6.29. The van der Waals surface area contributed by atoms with Gasteiger partial charge in [-0.15, -0.1) is 11.3 Å². The van der Waals surface area contributed by atoms with E-state index in [0.29, 0.717) is 0 Å². The Balaban J connectivity index is 2.37. The van der Waals surface area contributed by atoms with E-state index in [2.05, 4.69) is 51.5 Å². The minimum absolute atomic E-state index is 0.166. The molecule has 0 saturated heterocycles. The summed E-state index contributed by atoms with van der Waals surface area (Å²) in [7, 11) is 0. The molecule has 0 fully saturated rings. The number of nitrogens with zero attached hydrogens (tertiary/aromatic N) is 3. The molecule has 0 saturated carbocycles. The third-order valence-electron chi connectivity index (χ3n) is 4.11. The number of thiophene rings is 1. The van der Waals surface area contributed by atoms with Gasteiger partial charge >= 0.3 is 0 Å². The van der Waals surface area contributed by atoms with E-state index in [9.17, 15) is 4.79 Å². The molecule has 0 radical (unpaired) electrons. The number of rotatable bonds is 5. The topological polar surface area (TPSA) is 46.1 Å². The van der Waals surface area contributed by atoms with Gasteiger partial charge in [-0.05, 0) is 61.0 Å². The van der Waals surface area contributed by atoms with E-state index >= 15 is 0 Å². The number of amides is 1. The van der Waals surface area contributed by atoms with E-state index in [1.165, 1.54) is 10.4 Å². The number of carbonyl (C=O) groups is 1. The Hall–Kier alpha value is -1.14. The van der Waals surface area contributed by atoms with Crippen LogP contribution in [0.25, 0.3) is 10.2 Å². The second kappa shape index (κ2) is 7.40. The molecule has 0 unspecified atom stereocenters. The molecule has 0 aliphatic heterocycles. The van der Waals surface area contributed by atoms with Crippen LogP contribution in [0.4, 0.5) is 0 Å². The van der Waals surface area contributed by atoms with E-state index in [1.54, 1.807) is 23.1 Å². The fourth-order valence-electron chi connectivity index (χ4n) is 2.93. The van der Waals surface area contributed by atoms with Crippen molar-refractivity contribution in [1.29, 1.82) is 0 Å². The molecular formula is C18H27N3OS2. The SMILES string of the molecule is Cc1nc(S[C@H](C)C(=O)N(C(C)C)C(C)C)c2c(C)c(C)sc2n1. The summed E-state index contributed by atoms with van der Waals surface area (Å²) < 4.78 is 0. The van der Waals surface area contributed by atoms with Crippen LogP contribution in [0.2, 0.25) is 0 Å². The van der Waals surface area contributed by atoms with Crippen LogP contribution in [0, 0.1) is 20.8 Å². The van der Waals surface area contributed by atoms with Crippen LogP contribution in [0.15, 0.2) is 5.03 Å². The lowest BCUT2D eigenvalue weighted by molar-refractivity contribution is -0.133. The predicted octanol–water partition coefficient (Wildman–Crippen LogP) is 4.74. The maximum Gasteiger partial charge on any atom is 0.236 e. The summed E-state index contributed by atoms with van der Waals surface area (Å²) in [5.41, 5.74) is 1.22. The molecule has 2 rings (SSSR count). The van der Waals surface area contributed by atoms with Crippen molar-refractivity contribution >= 4 is 39.2 Å². The Morgan fingerprint density at radius 3 is 2.17 bits per heavy atom. The van der Waals surface area contributed by atoms with Crippen LogP contribution in [0.5, 0.6) is 0 Å². The van der Waals surface area contributed by atoms with Gasteiger partial charge < -0.3 is 4.90 Å². The van der Waals surface area contributed by atoms with Gasteiger partial charge in [-0.2, -0.15) is 0 Å². The zero-order chi connectivity index (χ0) is 18.2. The lowest BCUT2D eigenvalue weighted by Gasteiger charge is -2.32. The van der Waals surface area contributed by atoms with Crippen molar-refractivity contribution in [2.24, 2.45) is 0 Å². The highest BCUT2D eigenvalue weighted by atomic mass is 32.2. The number of fused-ring (bicyclic) bond motifs is 1.